The monoisotopic (exact) mass is 452 g/mol. The van der Waals surface area contributed by atoms with E-state index >= 15 is 0 Å². The zero-order valence-electron chi connectivity index (χ0n) is 16.6. The van der Waals surface area contributed by atoms with Crippen LogP contribution in [0, 0.1) is 0 Å². The van der Waals surface area contributed by atoms with E-state index in [0.717, 1.165) is 0 Å². The molecule has 11 nitrogen and oxygen atoms in total. The van der Waals surface area contributed by atoms with Gasteiger partial charge in [0.1, 0.15) is 47.8 Å². The zero-order chi connectivity index (χ0) is 23.2. The Morgan fingerprint density at radius 2 is 1.66 bits per heavy atom. The van der Waals surface area contributed by atoms with Crippen molar-refractivity contribution in [1.82, 2.24) is 0 Å². The van der Waals surface area contributed by atoms with Crippen LogP contribution in [0.5, 0.6) is 28.7 Å². The highest BCUT2D eigenvalue weighted by molar-refractivity contribution is 5.52. The van der Waals surface area contributed by atoms with Crippen molar-refractivity contribution in [2.24, 2.45) is 0 Å². The van der Waals surface area contributed by atoms with Crippen molar-refractivity contribution in [2.75, 3.05) is 6.61 Å². The summed E-state index contributed by atoms with van der Waals surface area (Å²) in [7, 11) is 0. The van der Waals surface area contributed by atoms with Crippen molar-refractivity contribution < 1.29 is 55.1 Å². The van der Waals surface area contributed by atoms with Crippen molar-refractivity contribution in [3.05, 3.63) is 41.5 Å². The fraction of sp³-hybridized carbons (Fsp3) is 0.429. The van der Waals surface area contributed by atoms with E-state index in [1.807, 2.05) is 0 Å². The van der Waals surface area contributed by atoms with Gasteiger partial charge in [0.25, 0.3) is 0 Å². The van der Waals surface area contributed by atoms with E-state index in [4.69, 9.17) is 14.2 Å². The van der Waals surface area contributed by atoms with Crippen LogP contribution in [-0.2, 0) is 11.2 Å². The molecule has 7 atom stereocenters. The average Bonchev–Trinajstić information content (AvgIpc) is 2.76. The summed E-state index contributed by atoms with van der Waals surface area (Å²) in [6.07, 6.45) is -9.56. The summed E-state index contributed by atoms with van der Waals surface area (Å²) >= 11 is 0. The molecule has 32 heavy (non-hydrogen) atoms. The molecule has 2 aromatic rings. The topological polar surface area (TPSA) is 190 Å². The first-order valence-corrected chi connectivity index (χ1v) is 9.89. The second-order valence-electron chi connectivity index (χ2n) is 7.79. The molecule has 1 fully saturated rings. The minimum Gasteiger partial charge on any atom is -0.508 e. The molecular weight excluding hydrogens is 428 g/mol. The minimum atomic E-state index is -1.66. The molecule has 11 heteroatoms. The minimum absolute atomic E-state index is 0.00428. The molecule has 1 saturated heterocycles. The van der Waals surface area contributed by atoms with E-state index in [1.54, 1.807) is 0 Å². The molecule has 4 rings (SSSR count). The number of rotatable bonds is 4. The molecule has 0 amide bonds. The Morgan fingerprint density at radius 1 is 0.906 bits per heavy atom. The molecule has 0 spiro atoms. The number of fused-ring (bicyclic) bond motifs is 1. The van der Waals surface area contributed by atoms with E-state index in [2.05, 4.69) is 0 Å². The Labute approximate surface area is 181 Å². The van der Waals surface area contributed by atoms with Gasteiger partial charge in [-0.3, -0.25) is 0 Å². The van der Waals surface area contributed by atoms with E-state index in [0.29, 0.717) is 11.1 Å². The third-order valence-corrected chi connectivity index (χ3v) is 5.59. The number of ether oxygens (including phenoxy) is 3. The molecule has 8 N–H and O–H groups in total. The van der Waals surface area contributed by atoms with Gasteiger partial charge in [-0.2, -0.15) is 0 Å². The molecule has 0 saturated carbocycles. The Morgan fingerprint density at radius 3 is 2.34 bits per heavy atom. The Balaban J connectivity index is 1.62. The van der Waals surface area contributed by atoms with Gasteiger partial charge in [-0.1, -0.05) is 6.07 Å². The molecule has 0 unspecified atom stereocenters. The third kappa shape index (κ3) is 4.01. The van der Waals surface area contributed by atoms with Gasteiger partial charge in [-0.15, -0.1) is 0 Å². The largest absolute Gasteiger partial charge is 0.508 e. The van der Waals surface area contributed by atoms with E-state index in [9.17, 15) is 40.9 Å². The molecule has 0 radical (unpaired) electrons. The molecule has 174 valence electrons. The summed E-state index contributed by atoms with van der Waals surface area (Å²) in [6.45, 7) is -0.633. The quantitative estimate of drug-likeness (QED) is 0.266. The summed E-state index contributed by atoms with van der Waals surface area (Å²) in [5.41, 5.74) is 0.727. The lowest BCUT2D eigenvalue weighted by atomic mass is 9.93. The number of benzene rings is 2. The molecule has 2 heterocycles. The van der Waals surface area contributed by atoms with E-state index in [-0.39, 0.29) is 35.2 Å². The first-order valence-electron chi connectivity index (χ1n) is 9.89. The fourth-order valence-corrected chi connectivity index (χ4v) is 3.85. The summed E-state index contributed by atoms with van der Waals surface area (Å²) in [5, 5.41) is 79.5. The predicted octanol–water partition coefficient (Wildman–Crippen LogP) is -0.981. The van der Waals surface area contributed by atoms with Gasteiger partial charge in [0, 0.05) is 24.1 Å². The van der Waals surface area contributed by atoms with E-state index in [1.165, 1.54) is 30.3 Å². The predicted molar refractivity (Wildman–Crippen MR) is 105 cm³/mol. The SMILES string of the molecule is OC[C@H]1O[C@@H](Oc2cc(O)cc3c2C[C@H](O)[C@@H](c2ccc(O)c(O)c2)O3)[C@H](O)[C@@H](O)[C@@H]1O. The van der Waals surface area contributed by atoms with Gasteiger partial charge < -0.3 is 55.1 Å². The van der Waals surface area contributed by atoms with Crippen molar-refractivity contribution >= 4 is 0 Å². The van der Waals surface area contributed by atoms with Gasteiger partial charge in [0.15, 0.2) is 11.5 Å². The van der Waals surface area contributed by atoms with Crippen LogP contribution in [0.25, 0.3) is 0 Å². The summed E-state index contributed by atoms with van der Waals surface area (Å²) in [4.78, 5) is 0. The lowest BCUT2D eigenvalue weighted by Gasteiger charge is -2.40. The van der Waals surface area contributed by atoms with Gasteiger partial charge in [0.2, 0.25) is 6.29 Å². The van der Waals surface area contributed by atoms with Gasteiger partial charge >= 0.3 is 0 Å². The van der Waals surface area contributed by atoms with Crippen molar-refractivity contribution in [1.29, 1.82) is 0 Å². The maximum Gasteiger partial charge on any atom is 0.229 e. The highest BCUT2D eigenvalue weighted by Gasteiger charge is 2.45. The molecule has 2 aromatic carbocycles. The highest BCUT2D eigenvalue weighted by Crippen LogP contribution is 2.44. The Hall–Kier alpha value is -2.80. The Bertz CT molecular complexity index is 978. The Kier molecular flexibility index (Phi) is 6.03. The second-order valence-corrected chi connectivity index (χ2v) is 7.79. The van der Waals surface area contributed by atoms with Gasteiger partial charge in [-0.05, 0) is 17.7 Å². The standard InChI is InChI=1S/C21H24O11/c22-7-16-17(27)18(28)19(29)21(32-16)31-15-5-9(23)4-14-10(15)6-13(26)20(30-14)8-1-2-11(24)12(25)3-8/h1-5,13,16-29H,6-7H2/t13-,16+,17+,18-,19+,20+,21+/m0/s1. The van der Waals surface area contributed by atoms with Crippen molar-refractivity contribution in [3.63, 3.8) is 0 Å². The summed E-state index contributed by atoms with van der Waals surface area (Å²) in [6, 6.07) is 6.49. The number of aliphatic hydroxyl groups is 5. The van der Waals surface area contributed by atoms with Crippen LogP contribution < -0.4 is 9.47 Å². The van der Waals surface area contributed by atoms with Crippen LogP contribution in [0.2, 0.25) is 0 Å². The van der Waals surface area contributed by atoms with Gasteiger partial charge in [0.05, 0.1) is 12.7 Å². The molecule has 0 aromatic heterocycles. The fourth-order valence-electron chi connectivity index (χ4n) is 3.85. The van der Waals surface area contributed by atoms with E-state index < -0.39 is 49.5 Å². The van der Waals surface area contributed by atoms with Gasteiger partial charge in [-0.25, -0.2) is 0 Å². The lowest BCUT2D eigenvalue weighted by Crippen LogP contribution is -2.60. The van der Waals surface area contributed by atoms with Crippen LogP contribution in [0.1, 0.15) is 17.2 Å². The number of aliphatic hydroxyl groups excluding tert-OH is 5. The van der Waals surface area contributed by atoms with Crippen LogP contribution in [0.4, 0.5) is 0 Å². The number of phenolic OH excluding ortho intramolecular Hbond substituents is 3. The molecular formula is C21H24O11. The second kappa shape index (κ2) is 8.62. The number of phenols is 3. The maximum atomic E-state index is 10.7. The number of hydrogen-bond donors (Lipinski definition) is 8. The maximum absolute atomic E-state index is 10.7. The number of aromatic hydroxyl groups is 3. The first-order chi connectivity index (χ1) is 15.2. The van der Waals surface area contributed by atoms with Crippen LogP contribution in [0.15, 0.2) is 30.3 Å². The third-order valence-electron chi connectivity index (χ3n) is 5.59. The normalized spacial score (nSPS) is 32.1. The lowest BCUT2D eigenvalue weighted by molar-refractivity contribution is -0.277. The smallest absolute Gasteiger partial charge is 0.229 e. The van der Waals surface area contributed by atoms with Crippen LogP contribution in [0.3, 0.4) is 0 Å². The van der Waals surface area contributed by atoms with Crippen LogP contribution in [-0.4, -0.2) is 84.3 Å². The molecule has 2 aliphatic heterocycles. The summed E-state index contributed by atoms with van der Waals surface area (Å²) in [5.74, 6) is -0.811. The highest BCUT2D eigenvalue weighted by atomic mass is 16.7. The average molecular weight is 452 g/mol. The van der Waals surface area contributed by atoms with Crippen molar-refractivity contribution in [2.45, 2.75) is 49.3 Å². The van der Waals surface area contributed by atoms with Crippen LogP contribution >= 0.6 is 0 Å². The number of hydrogen-bond acceptors (Lipinski definition) is 11. The zero-order valence-corrected chi connectivity index (χ0v) is 16.6. The summed E-state index contributed by atoms with van der Waals surface area (Å²) < 4.78 is 16.8. The molecule has 0 bridgehead atoms. The van der Waals surface area contributed by atoms with Crippen molar-refractivity contribution in [3.8, 4) is 28.7 Å². The first kappa shape index (κ1) is 22.4. The molecule has 0 aliphatic carbocycles. The molecule has 2 aliphatic rings.